The Morgan fingerprint density at radius 3 is 2.48 bits per heavy atom. The van der Waals surface area contributed by atoms with Crippen LogP contribution in [-0.4, -0.2) is 41.4 Å². The summed E-state index contributed by atoms with van der Waals surface area (Å²) in [6.45, 7) is 8.94. The lowest BCUT2D eigenvalue weighted by Crippen LogP contribution is -2.59. The van der Waals surface area contributed by atoms with Crippen molar-refractivity contribution in [1.82, 2.24) is 10.3 Å². The largest absolute Gasteiger partial charge is 0.492 e. The summed E-state index contributed by atoms with van der Waals surface area (Å²) in [5, 5.41) is 13.8. The zero-order valence-corrected chi connectivity index (χ0v) is 18.9. The summed E-state index contributed by atoms with van der Waals surface area (Å²) in [5.41, 5.74) is -0.462. The third-order valence-corrected chi connectivity index (χ3v) is 5.81. The number of pyridine rings is 1. The van der Waals surface area contributed by atoms with E-state index in [1.165, 1.54) is 0 Å². The minimum Gasteiger partial charge on any atom is -0.492 e. The average molecular weight is 427 g/mol. The Morgan fingerprint density at radius 1 is 1.26 bits per heavy atom. The number of carbonyl (C=O) groups is 1. The number of carbonyl (C=O) groups excluding carboxylic acids is 1. The van der Waals surface area contributed by atoms with Crippen LogP contribution in [0.1, 0.15) is 57.8 Å². The minimum atomic E-state index is -1.21. The summed E-state index contributed by atoms with van der Waals surface area (Å²) in [5.74, 6) is 0.986. The van der Waals surface area contributed by atoms with Gasteiger partial charge in [-0.1, -0.05) is 50.6 Å². The second-order valence-corrected chi connectivity index (χ2v) is 9.12. The van der Waals surface area contributed by atoms with Crippen molar-refractivity contribution in [2.75, 3.05) is 19.8 Å². The van der Waals surface area contributed by atoms with Crippen LogP contribution in [0.25, 0.3) is 0 Å². The fourth-order valence-electron chi connectivity index (χ4n) is 3.84. The molecule has 1 aromatic heterocycles. The van der Waals surface area contributed by atoms with Crippen molar-refractivity contribution >= 4 is 5.91 Å². The molecule has 1 saturated heterocycles. The van der Waals surface area contributed by atoms with Gasteiger partial charge in [-0.3, -0.25) is 9.78 Å². The molecule has 6 heteroatoms. The van der Waals surface area contributed by atoms with E-state index in [9.17, 15) is 9.90 Å². The Hall–Kier alpha value is -2.44. The topological polar surface area (TPSA) is 80.7 Å². The molecule has 1 amide bonds. The van der Waals surface area contributed by atoms with Gasteiger partial charge in [0.2, 0.25) is 5.91 Å². The first-order chi connectivity index (χ1) is 14.8. The highest BCUT2D eigenvalue weighted by Crippen LogP contribution is 2.35. The number of nitrogens with zero attached hydrogens (tertiary/aromatic N) is 1. The molecule has 0 spiro atoms. The van der Waals surface area contributed by atoms with E-state index in [-0.39, 0.29) is 5.91 Å². The summed E-state index contributed by atoms with van der Waals surface area (Å²) in [4.78, 5) is 17.8. The monoisotopic (exact) mass is 426 g/mol. The van der Waals surface area contributed by atoms with E-state index in [0.29, 0.717) is 37.2 Å². The molecule has 2 atom stereocenters. The number of hydrogen-bond donors (Lipinski definition) is 2. The smallest absolute Gasteiger partial charge is 0.236 e. The van der Waals surface area contributed by atoms with Crippen molar-refractivity contribution < 1.29 is 19.4 Å². The molecule has 2 heterocycles. The van der Waals surface area contributed by atoms with E-state index in [1.54, 1.807) is 26.1 Å². The third-order valence-electron chi connectivity index (χ3n) is 5.81. The van der Waals surface area contributed by atoms with Crippen molar-refractivity contribution in [3.05, 3.63) is 59.9 Å². The predicted molar refractivity (Wildman–Crippen MR) is 120 cm³/mol. The van der Waals surface area contributed by atoms with Gasteiger partial charge in [0, 0.05) is 0 Å². The summed E-state index contributed by atoms with van der Waals surface area (Å²) < 4.78 is 11.2. The van der Waals surface area contributed by atoms with Crippen LogP contribution >= 0.6 is 0 Å². The zero-order chi connectivity index (χ0) is 22.5. The first kappa shape index (κ1) is 23.2. The van der Waals surface area contributed by atoms with Crippen LogP contribution in [-0.2, 0) is 14.9 Å². The van der Waals surface area contributed by atoms with Crippen molar-refractivity contribution in [1.29, 1.82) is 0 Å². The van der Waals surface area contributed by atoms with Gasteiger partial charge in [0.15, 0.2) is 0 Å². The molecule has 2 aromatic rings. The van der Waals surface area contributed by atoms with Gasteiger partial charge in [-0.15, -0.1) is 0 Å². The van der Waals surface area contributed by atoms with Crippen molar-refractivity contribution in [3.8, 4) is 5.75 Å². The molecular formula is C25H34N2O4. The molecule has 2 unspecified atom stereocenters. The van der Waals surface area contributed by atoms with E-state index >= 15 is 0 Å². The highest BCUT2D eigenvalue weighted by Gasteiger charge is 2.49. The Morgan fingerprint density at radius 2 is 1.97 bits per heavy atom. The minimum absolute atomic E-state index is 0.174. The maximum Gasteiger partial charge on any atom is 0.236 e. The van der Waals surface area contributed by atoms with E-state index in [4.69, 9.17) is 9.47 Å². The molecule has 0 saturated carbocycles. The number of hydrogen-bond acceptors (Lipinski definition) is 5. The standard InChI is InChI=1S/C25H34N2O4/c1-5-9-18(2)15-31-20-12-13-21(26-14-20)22(24(3,4)29)27-23(28)25(16-30-17-25)19-10-7-6-8-11-19/h6-8,10-14,18,22,29H,5,9,15-17H2,1-4H3,(H,27,28). The van der Waals surface area contributed by atoms with E-state index < -0.39 is 17.1 Å². The Labute approximate surface area is 185 Å². The molecule has 1 fully saturated rings. The zero-order valence-electron chi connectivity index (χ0n) is 18.9. The number of aromatic nitrogens is 1. The third kappa shape index (κ3) is 5.43. The Kier molecular flexibility index (Phi) is 7.34. The van der Waals surface area contributed by atoms with Gasteiger partial charge < -0.3 is 19.9 Å². The fraction of sp³-hybridized carbons (Fsp3) is 0.520. The SMILES string of the molecule is CCCC(C)COc1ccc(C(NC(=O)C2(c3ccccc3)COC2)C(C)(C)O)nc1. The molecule has 168 valence electrons. The van der Waals surface area contributed by atoms with Gasteiger partial charge in [0.05, 0.1) is 43.4 Å². The van der Waals surface area contributed by atoms with Crippen LogP contribution < -0.4 is 10.1 Å². The molecule has 1 aliphatic rings. The molecule has 31 heavy (non-hydrogen) atoms. The Bertz CT molecular complexity index is 842. The summed E-state index contributed by atoms with van der Waals surface area (Å²) in [7, 11) is 0. The summed E-state index contributed by atoms with van der Waals surface area (Å²) in [6, 6.07) is 12.6. The summed E-state index contributed by atoms with van der Waals surface area (Å²) in [6.07, 6.45) is 3.90. The van der Waals surface area contributed by atoms with Crippen LogP contribution in [0.2, 0.25) is 0 Å². The highest BCUT2D eigenvalue weighted by molar-refractivity contribution is 5.90. The van der Waals surface area contributed by atoms with Crippen LogP contribution in [0.15, 0.2) is 48.7 Å². The second kappa shape index (κ2) is 9.79. The van der Waals surface area contributed by atoms with Crippen LogP contribution in [0.4, 0.5) is 0 Å². The number of amides is 1. The van der Waals surface area contributed by atoms with Crippen LogP contribution in [0.5, 0.6) is 5.75 Å². The van der Waals surface area contributed by atoms with Crippen LogP contribution in [0.3, 0.4) is 0 Å². The highest BCUT2D eigenvalue weighted by atomic mass is 16.5. The average Bonchev–Trinajstić information content (AvgIpc) is 2.70. The molecule has 0 radical (unpaired) electrons. The van der Waals surface area contributed by atoms with Gasteiger partial charge in [-0.2, -0.15) is 0 Å². The molecule has 0 bridgehead atoms. The predicted octanol–water partition coefficient (Wildman–Crippen LogP) is 3.79. The van der Waals surface area contributed by atoms with Crippen molar-refractivity contribution in [2.24, 2.45) is 5.92 Å². The molecular weight excluding hydrogens is 392 g/mol. The van der Waals surface area contributed by atoms with E-state index in [1.807, 2.05) is 36.4 Å². The molecule has 1 aliphatic heterocycles. The quantitative estimate of drug-likeness (QED) is 0.604. The molecule has 2 N–H and O–H groups in total. The number of ether oxygens (including phenoxy) is 2. The molecule has 1 aromatic carbocycles. The van der Waals surface area contributed by atoms with Gasteiger partial charge in [-0.05, 0) is 43.9 Å². The Balaban J connectivity index is 1.74. The van der Waals surface area contributed by atoms with Gasteiger partial charge in [-0.25, -0.2) is 0 Å². The van der Waals surface area contributed by atoms with Gasteiger partial charge in [0.25, 0.3) is 0 Å². The molecule has 3 rings (SSSR count). The van der Waals surface area contributed by atoms with Crippen molar-refractivity contribution in [2.45, 2.75) is 57.6 Å². The van der Waals surface area contributed by atoms with E-state index in [0.717, 1.165) is 18.4 Å². The number of nitrogens with one attached hydrogen (secondary N) is 1. The molecule has 6 nitrogen and oxygen atoms in total. The van der Waals surface area contributed by atoms with Gasteiger partial charge >= 0.3 is 0 Å². The number of aliphatic hydroxyl groups is 1. The first-order valence-electron chi connectivity index (χ1n) is 11.0. The number of rotatable bonds is 10. The number of benzene rings is 1. The summed E-state index contributed by atoms with van der Waals surface area (Å²) >= 11 is 0. The lowest BCUT2D eigenvalue weighted by atomic mass is 9.77. The fourth-order valence-corrected chi connectivity index (χ4v) is 3.84. The lowest BCUT2D eigenvalue weighted by molar-refractivity contribution is -0.148. The maximum absolute atomic E-state index is 13.3. The molecule has 0 aliphatic carbocycles. The maximum atomic E-state index is 13.3. The first-order valence-corrected chi connectivity index (χ1v) is 11.0. The lowest BCUT2D eigenvalue weighted by Gasteiger charge is -2.42. The van der Waals surface area contributed by atoms with Crippen molar-refractivity contribution in [3.63, 3.8) is 0 Å². The van der Waals surface area contributed by atoms with E-state index in [2.05, 4.69) is 24.1 Å². The van der Waals surface area contributed by atoms with Gasteiger partial charge in [0.1, 0.15) is 11.2 Å². The normalized spacial score (nSPS) is 17.3. The second-order valence-electron chi connectivity index (χ2n) is 9.12. The van der Waals surface area contributed by atoms with Crippen LogP contribution in [0, 0.1) is 5.92 Å².